The Kier molecular flexibility index (Phi) is 4.84. The average molecular weight is 379 g/mol. The Morgan fingerprint density at radius 3 is 2.37 bits per heavy atom. The second-order valence-corrected chi connectivity index (χ2v) is 8.00. The molecule has 1 aromatic heterocycles. The number of aromatic hydroxyl groups is 1. The van der Waals surface area contributed by atoms with Crippen molar-refractivity contribution in [3.63, 3.8) is 0 Å². The normalized spacial score (nSPS) is 10.9. The maximum absolute atomic E-state index is 11.7. The van der Waals surface area contributed by atoms with Gasteiger partial charge in [0.15, 0.2) is 9.84 Å². The smallest absolute Gasteiger partial charge is 0.220 e. The highest BCUT2D eigenvalue weighted by Gasteiger charge is 2.13. The second-order valence-electron chi connectivity index (χ2n) is 5.99. The number of phenolic OH excluding ortho intramolecular Hbond substituents is 1. The zero-order chi connectivity index (χ0) is 19.6. The summed E-state index contributed by atoms with van der Waals surface area (Å²) in [6, 6.07) is 13.0. The molecule has 0 aliphatic heterocycles. The van der Waals surface area contributed by atoms with E-state index < -0.39 is 9.84 Å². The van der Waals surface area contributed by atoms with E-state index in [1.54, 1.807) is 43.3 Å². The van der Waals surface area contributed by atoms with Crippen LogP contribution in [0.25, 0.3) is 11.3 Å². The van der Waals surface area contributed by atoms with Crippen molar-refractivity contribution in [3.05, 3.63) is 65.4 Å². The number of anilines is 1. The van der Waals surface area contributed by atoms with Gasteiger partial charge in [-0.25, -0.2) is 18.4 Å². The van der Waals surface area contributed by atoms with Crippen LogP contribution in [-0.4, -0.2) is 29.7 Å². The number of rotatable bonds is 2. The SMILES string of the molecule is Cc1nc(N)nc(-c2ccc(S(C)(=O)=O)cc2)c1C#Cc1cccc(O)c1. The minimum atomic E-state index is -3.29. The van der Waals surface area contributed by atoms with Gasteiger partial charge in [-0.05, 0) is 37.3 Å². The fraction of sp³-hybridized carbons (Fsp3) is 0.100. The number of nitrogens with two attached hydrogens (primary N) is 1. The van der Waals surface area contributed by atoms with Crippen LogP contribution >= 0.6 is 0 Å². The Labute approximate surface area is 157 Å². The number of hydrogen-bond acceptors (Lipinski definition) is 6. The van der Waals surface area contributed by atoms with Crippen molar-refractivity contribution in [2.45, 2.75) is 11.8 Å². The lowest BCUT2D eigenvalue weighted by atomic mass is 10.0. The van der Waals surface area contributed by atoms with Crippen molar-refractivity contribution in [2.75, 3.05) is 12.0 Å². The molecule has 0 amide bonds. The number of sulfone groups is 1. The van der Waals surface area contributed by atoms with Gasteiger partial charge in [-0.15, -0.1) is 0 Å². The Bertz CT molecular complexity index is 1180. The van der Waals surface area contributed by atoms with E-state index in [9.17, 15) is 13.5 Å². The number of aryl methyl sites for hydroxylation is 1. The van der Waals surface area contributed by atoms with Crippen LogP contribution in [0.15, 0.2) is 53.4 Å². The molecule has 0 aliphatic rings. The summed E-state index contributed by atoms with van der Waals surface area (Å²) in [5.41, 5.74) is 8.83. The van der Waals surface area contributed by atoms with Crippen LogP contribution in [-0.2, 0) is 9.84 Å². The average Bonchev–Trinajstić information content (AvgIpc) is 2.60. The van der Waals surface area contributed by atoms with Crippen LogP contribution in [0.1, 0.15) is 16.8 Å². The lowest BCUT2D eigenvalue weighted by Crippen LogP contribution is -2.03. The molecule has 136 valence electrons. The molecule has 6 nitrogen and oxygen atoms in total. The predicted molar refractivity (Wildman–Crippen MR) is 104 cm³/mol. The third kappa shape index (κ3) is 4.25. The molecule has 0 saturated carbocycles. The molecule has 0 atom stereocenters. The molecule has 0 aliphatic carbocycles. The van der Waals surface area contributed by atoms with E-state index in [4.69, 9.17) is 5.73 Å². The van der Waals surface area contributed by atoms with E-state index in [0.29, 0.717) is 28.1 Å². The molecular weight excluding hydrogens is 362 g/mol. The van der Waals surface area contributed by atoms with E-state index >= 15 is 0 Å². The van der Waals surface area contributed by atoms with Crippen LogP contribution in [0.2, 0.25) is 0 Å². The third-order valence-electron chi connectivity index (χ3n) is 3.84. The van der Waals surface area contributed by atoms with Crippen molar-refractivity contribution >= 4 is 15.8 Å². The molecule has 3 rings (SSSR count). The first-order valence-corrected chi connectivity index (χ1v) is 9.89. The van der Waals surface area contributed by atoms with E-state index in [1.807, 2.05) is 0 Å². The summed E-state index contributed by atoms with van der Waals surface area (Å²) in [6.45, 7) is 1.78. The molecule has 0 saturated heterocycles. The van der Waals surface area contributed by atoms with Crippen LogP contribution in [0, 0.1) is 18.8 Å². The number of benzene rings is 2. The highest BCUT2D eigenvalue weighted by atomic mass is 32.2. The molecular formula is C20H17N3O3S. The maximum Gasteiger partial charge on any atom is 0.220 e. The number of nitrogen functional groups attached to an aromatic ring is 1. The fourth-order valence-electron chi connectivity index (χ4n) is 2.53. The predicted octanol–water partition coefficient (Wildman–Crippen LogP) is 2.54. The minimum Gasteiger partial charge on any atom is -0.508 e. The molecule has 2 aromatic carbocycles. The summed E-state index contributed by atoms with van der Waals surface area (Å²) in [4.78, 5) is 8.68. The summed E-state index contributed by atoms with van der Waals surface area (Å²) in [7, 11) is -3.29. The summed E-state index contributed by atoms with van der Waals surface area (Å²) < 4.78 is 23.3. The molecule has 1 heterocycles. The fourth-order valence-corrected chi connectivity index (χ4v) is 3.16. The lowest BCUT2D eigenvalue weighted by Gasteiger charge is -2.08. The molecule has 7 heteroatoms. The Hall–Kier alpha value is -3.37. The van der Waals surface area contributed by atoms with Crippen molar-refractivity contribution < 1.29 is 13.5 Å². The summed E-state index contributed by atoms with van der Waals surface area (Å²) in [5.74, 6) is 6.25. The first kappa shape index (κ1) is 18.4. The lowest BCUT2D eigenvalue weighted by molar-refractivity contribution is 0.475. The van der Waals surface area contributed by atoms with E-state index in [0.717, 1.165) is 6.26 Å². The molecule has 0 fully saturated rings. The van der Waals surface area contributed by atoms with Crippen LogP contribution in [0.4, 0.5) is 5.95 Å². The highest BCUT2D eigenvalue weighted by Crippen LogP contribution is 2.25. The van der Waals surface area contributed by atoms with Crippen molar-refractivity contribution in [3.8, 4) is 28.8 Å². The summed E-state index contributed by atoms with van der Waals surface area (Å²) in [6.07, 6.45) is 1.15. The number of aromatic nitrogens is 2. The molecule has 3 N–H and O–H groups in total. The molecule has 0 bridgehead atoms. The monoisotopic (exact) mass is 379 g/mol. The zero-order valence-corrected chi connectivity index (χ0v) is 15.6. The second kappa shape index (κ2) is 7.09. The molecule has 3 aromatic rings. The number of phenols is 1. The van der Waals surface area contributed by atoms with E-state index in [2.05, 4.69) is 21.8 Å². The molecule has 0 spiro atoms. The largest absolute Gasteiger partial charge is 0.508 e. The number of hydrogen-bond donors (Lipinski definition) is 2. The van der Waals surface area contributed by atoms with Gasteiger partial charge in [0, 0.05) is 17.4 Å². The van der Waals surface area contributed by atoms with Crippen LogP contribution in [0.5, 0.6) is 5.75 Å². The summed E-state index contributed by atoms with van der Waals surface area (Å²) in [5, 5.41) is 9.57. The van der Waals surface area contributed by atoms with Crippen molar-refractivity contribution in [2.24, 2.45) is 0 Å². The highest BCUT2D eigenvalue weighted by molar-refractivity contribution is 7.90. The van der Waals surface area contributed by atoms with Gasteiger partial charge in [-0.2, -0.15) is 0 Å². The topological polar surface area (TPSA) is 106 Å². The molecule has 0 unspecified atom stereocenters. The minimum absolute atomic E-state index is 0.109. The number of nitrogens with zero attached hydrogens (tertiary/aromatic N) is 2. The van der Waals surface area contributed by atoms with Gasteiger partial charge < -0.3 is 10.8 Å². The first-order chi connectivity index (χ1) is 12.7. The first-order valence-electron chi connectivity index (χ1n) is 8.00. The van der Waals surface area contributed by atoms with Crippen LogP contribution in [0.3, 0.4) is 0 Å². The van der Waals surface area contributed by atoms with Gasteiger partial charge >= 0.3 is 0 Å². The van der Waals surface area contributed by atoms with Gasteiger partial charge in [0.05, 0.1) is 21.8 Å². The van der Waals surface area contributed by atoms with Crippen LogP contribution < -0.4 is 5.73 Å². The molecule has 27 heavy (non-hydrogen) atoms. The van der Waals surface area contributed by atoms with E-state index in [-0.39, 0.29) is 16.6 Å². The quantitative estimate of drug-likeness (QED) is 0.663. The third-order valence-corrected chi connectivity index (χ3v) is 4.97. The van der Waals surface area contributed by atoms with Gasteiger partial charge in [-0.1, -0.05) is 30.0 Å². The Morgan fingerprint density at radius 1 is 1.04 bits per heavy atom. The Balaban J connectivity index is 2.11. The van der Waals surface area contributed by atoms with Crippen molar-refractivity contribution in [1.29, 1.82) is 0 Å². The van der Waals surface area contributed by atoms with Crippen molar-refractivity contribution in [1.82, 2.24) is 9.97 Å². The van der Waals surface area contributed by atoms with Gasteiger partial charge in [-0.3, -0.25) is 0 Å². The zero-order valence-electron chi connectivity index (χ0n) is 14.8. The summed E-state index contributed by atoms with van der Waals surface area (Å²) >= 11 is 0. The van der Waals surface area contributed by atoms with Gasteiger partial charge in [0.25, 0.3) is 0 Å². The van der Waals surface area contributed by atoms with E-state index in [1.165, 1.54) is 12.1 Å². The van der Waals surface area contributed by atoms with Gasteiger partial charge in [0.2, 0.25) is 5.95 Å². The Morgan fingerprint density at radius 2 is 1.74 bits per heavy atom. The maximum atomic E-state index is 11.7. The van der Waals surface area contributed by atoms with Gasteiger partial charge in [0.1, 0.15) is 5.75 Å². The molecule has 0 radical (unpaired) electrons. The standard InChI is InChI=1S/C20H17N3O3S/c1-13-18(11-6-14-4-3-5-16(24)12-14)19(23-20(21)22-13)15-7-9-17(10-8-15)27(2,25)26/h3-5,7-10,12,24H,1-2H3,(H2,21,22,23).